The van der Waals surface area contributed by atoms with Crippen LogP contribution in [0.25, 0.3) is 28.1 Å². The van der Waals surface area contributed by atoms with Gasteiger partial charge in [-0.2, -0.15) is 0 Å². The molecule has 0 aliphatic carbocycles. The standard InChI is InChI=1S/C19H15N3O3/c1-25-18-10-13(4-7-17(18)24)22-9-8-15-19(22)21-16(11-20-15)12-2-5-14(23)6-3-12/h2-11,23-24H,1H3. The molecule has 6 nitrogen and oxygen atoms in total. The maximum atomic E-state index is 9.78. The van der Waals surface area contributed by atoms with Crippen LogP contribution < -0.4 is 4.74 Å². The summed E-state index contributed by atoms with van der Waals surface area (Å²) in [5.74, 6) is 0.679. The van der Waals surface area contributed by atoms with Gasteiger partial charge < -0.3 is 14.9 Å². The van der Waals surface area contributed by atoms with Crippen molar-refractivity contribution in [2.75, 3.05) is 7.11 Å². The van der Waals surface area contributed by atoms with E-state index >= 15 is 0 Å². The van der Waals surface area contributed by atoms with Crippen molar-refractivity contribution in [3.05, 3.63) is 60.9 Å². The van der Waals surface area contributed by atoms with E-state index in [2.05, 4.69) is 4.98 Å². The lowest BCUT2D eigenvalue weighted by Crippen LogP contribution is -1.97. The van der Waals surface area contributed by atoms with Crippen LogP contribution >= 0.6 is 0 Å². The summed E-state index contributed by atoms with van der Waals surface area (Å²) < 4.78 is 7.06. The lowest BCUT2D eigenvalue weighted by atomic mass is 10.1. The quantitative estimate of drug-likeness (QED) is 0.600. The molecular formula is C19H15N3O3. The van der Waals surface area contributed by atoms with Crippen LogP contribution in [0.1, 0.15) is 0 Å². The smallest absolute Gasteiger partial charge is 0.163 e. The fourth-order valence-corrected chi connectivity index (χ4v) is 2.70. The molecule has 124 valence electrons. The number of ether oxygens (including phenoxy) is 1. The minimum Gasteiger partial charge on any atom is -0.508 e. The molecular weight excluding hydrogens is 318 g/mol. The average molecular weight is 333 g/mol. The van der Waals surface area contributed by atoms with Crippen LogP contribution in [-0.2, 0) is 0 Å². The van der Waals surface area contributed by atoms with Crippen LogP contribution in [0.3, 0.4) is 0 Å². The highest BCUT2D eigenvalue weighted by Gasteiger charge is 2.10. The van der Waals surface area contributed by atoms with Crippen molar-refractivity contribution >= 4 is 11.2 Å². The number of hydrogen-bond donors (Lipinski definition) is 2. The maximum absolute atomic E-state index is 9.78. The summed E-state index contributed by atoms with van der Waals surface area (Å²) in [6.45, 7) is 0. The van der Waals surface area contributed by atoms with E-state index in [0.29, 0.717) is 17.1 Å². The molecule has 0 aliphatic rings. The van der Waals surface area contributed by atoms with Crippen LogP contribution in [0, 0.1) is 0 Å². The van der Waals surface area contributed by atoms with Gasteiger partial charge in [0.1, 0.15) is 11.3 Å². The first-order chi connectivity index (χ1) is 12.2. The number of phenolic OH excluding ortho intramolecular Hbond substituents is 2. The van der Waals surface area contributed by atoms with E-state index in [1.807, 2.05) is 16.8 Å². The normalized spacial score (nSPS) is 10.9. The molecule has 0 fully saturated rings. The summed E-state index contributed by atoms with van der Waals surface area (Å²) in [6, 6.07) is 13.8. The molecule has 2 aromatic carbocycles. The van der Waals surface area contributed by atoms with Gasteiger partial charge in [0.05, 0.1) is 24.7 Å². The Morgan fingerprint density at radius 2 is 1.80 bits per heavy atom. The fourth-order valence-electron chi connectivity index (χ4n) is 2.70. The van der Waals surface area contributed by atoms with Crippen molar-refractivity contribution in [2.45, 2.75) is 0 Å². The lowest BCUT2D eigenvalue weighted by molar-refractivity contribution is 0.373. The Kier molecular flexibility index (Phi) is 3.50. The van der Waals surface area contributed by atoms with Gasteiger partial charge in [-0.05, 0) is 42.5 Å². The molecule has 0 unspecified atom stereocenters. The number of nitrogens with zero attached hydrogens (tertiary/aromatic N) is 3. The molecule has 2 heterocycles. The van der Waals surface area contributed by atoms with E-state index in [9.17, 15) is 10.2 Å². The molecule has 25 heavy (non-hydrogen) atoms. The predicted octanol–water partition coefficient (Wildman–Crippen LogP) is 3.51. The Balaban J connectivity index is 1.85. The van der Waals surface area contributed by atoms with Gasteiger partial charge >= 0.3 is 0 Å². The van der Waals surface area contributed by atoms with Crippen molar-refractivity contribution in [3.63, 3.8) is 0 Å². The summed E-state index contributed by atoms with van der Waals surface area (Å²) >= 11 is 0. The summed E-state index contributed by atoms with van der Waals surface area (Å²) in [5, 5.41) is 19.2. The van der Waals surface area contributed by atoms with E-state index < -0.39 is 0 Å². The van der Waals surface area contributed by atoms with Crippen molar-refractivity contribution in [1.29, 1.82) is 0 Å². The maximum Gasteiger partial charge on any atom is 0.163 e. The zero-order chi connectivity index (χ0) is 17.4. The SMILES string of the molecule is COc1cc(-n2ccc3ncc(-c4ccc(O)cc4)nc32)ccc1O. The first-order valence-corrected chi connectivity index (χ1v) is 7.66. The summed E-state index contributed by atoms with van der Waals surface area (Å²) in [4.78, 5) is 9.16. The number of benzene rings is 2. The molecule has 4 rings (SSSR count). The number of rotatable bonds is 3. The second-order valence-electron chi connectivity index (χ2n) is 5.55. The Morgan fingerprint density at radius 1 is 1.00 bits per heavy atom. The number of fused-ring (bicyclic) bond motifs is 1. The Labute approximate surface area is 143 Å². The van der Waals surface area contributed by atoms with Crippen molar-refractivity contribution in [2.24, 2.45) is 0 Å². The summed E-state index contributed by atoms with van der Waals surface area (Å²) in [5.41, 5.74) is 3.83. The van der Waals surface area contributed by atoms with E-state index in [-0.39, 0.29) is 11.5 Å². The van der Waals surface area contributed by atoms with Gasteiger partial charge in [0, 0.05) is 17.8 Å². The van der Waals surface area contributed by atoms with Crippen LogP contribution in [0.15, 0.2) is 60.9 Å². The molecule has 0 radical (unpaired) electrons. The molecule has 0 aliphatic heterocycles. The first kappa shape index (κ1) is 15.0. The number of aromatic hydroxyl groups is 2. The topological polar surface area (TPSA) is 80.4 Å². The lowest BCUT2D eigenvalue weighted by Gasteiger charge is -2.09. The van der Waals surface area contributed by atoms with Crippen molar-refractivity contribution in [3.8, 4) is 34.2 Å². The first-order valence-electron chi connectivity index (χ1n) is 7.66. The predicted molar refractivity (Wildman–Crippen MR) is 94.2 cm³/mol. The molecule has 0 saturated carbocycles. The molecule has 0 atom stereocenters. The van der Waals surface area contributed by atoms with E-state index in [4.69, 9.17) is 9.72 Å². The number of methoxy groups -OCH3 is 1. The minimum atomic E-state index is 0.0820. The zero-order valence-electron chi connectivity index (χ0n) is 13.4. The van der Waals surface area contributed by atoms with Gasteiger partial charge in [-0.1, -0.05) is 0 Å². The highest BCUT2D eigenvalue weighted by Crippen LogP contribution is 2.30. The molecule has 0 saturated heterocycles. The van der Waals surface area contributed by atoms with Crippen molar-refractivity contribution in [1.82, 2.24) is 14.5 Å². The Bertz CT molecular complexity index is 1060. The molecule has 0 amide bonds. The number of aromatic nitrogens is 3. The number of hydrogen-bond acceptors (Lipinski definition) is 5. The van der Waals surface area contributed by atoms with Gasteiger partial charge in [-0.3, -0.25) is 9.55 Å². The average Bonchev–Trinajstić information content (AvgIpc) is 3.06. The highest BCUT2D eigenvalue weighted by atomic mass is 16.5. The second kappa shape index (κ2) is 5.83. The highest BCUT2D eigenvalue weighted by molar-refractivity contribution is 5.77. The molecule has 4 aromatic rings. The van der Waals surface area contributed by atoms with E-state index in [1.54, 1.807) is 48.7 Å². The van der Waals surface area contributed by atoms with Gasteiger partial charge in [0.2, 0.25) is 0 Å². The van der Waals surface area contributed by atoms with Gasteiger partial charge in [0.25, 0.3) is 0 Å². The Morgan fingerprint density at radius 3 is 2.56 bits per heavy atom. The molecule has 2 aromatic heterocycles. The van der Waals surface area contributed by atoms with E-state index in [1.165, 1.54) is 7.11 Å². The van der Waals surface area contributed by atoms with Gasteiger partial charge in [-0.25, -0.2) is 4.98 Å². The monoisotopic (exact) mass is 333 g/mol. The third-order valence-corrected chi connectivity index (χ3v) is 4.00. The van der Waals surface area contributed by atoms with Crippen molar-refractivity contribution < 1.29 is 14.9 Å². The fraction of sp³-hybridized carbons (Fsp3) is 0.0526. The third-order valence-electron chi connectivity index (χ3n) is 4.00. The van der Waals surface area contributed by atoms with Gasteiger partial charge in [-0.15, -0.1) is 0 Å². The molecule has 0 bridgehead atoms. The Hall–Kier alpha value is -3.54. The second-order valence-corrected chi connectivity index (χ2v) is 5.55. The number of phenols is 2. The van der Waals surface area contributed by atoms with Crippen LogP contribution in [0.4, 0.5) is 0 Å². The molecule has 6 heteroatoms. The van der Waals surface area contributed by atoms with Crippen LogP contribution in [0.5, 0.6) is 17.2 Å². The largest absolute Gasteiger partial charge is 0.508 e. The van der Waals surface area contributed by atoms with Crippen LogP contribution in [0.2, 0.25) is 0 Å². The van der Waals surface area contributed by atoms with Crippen LogP contribution in [-0.4, -0.2) is 31.9 Å². The zero-order valence-corrected chi connectivity index (χ0v) is 13.4. The van der Waals surface area contributed by atoms with Gasteiger partial charge in [0.15, 0.2) is 17.1 Å². The minimum absolute atomic E-state index is 0.0820. The van der Waals surface area contributed by atoms with E-state index in [0.717, 1.165) is 16.8 Å². The molecule has 2 N–H and O–H groups in total. The summed E-state index contributed by atoms with van der Waals surface area (Å²) in [7, 11) is 1.51. The third kappa shape index (κ3) is 2.63. The summed E-state index contributed by atoms with van der Waals surface area (Å²) in [6.07, 6.45) is 3.58. The molecule has 0 spiro atoms.